The number of aromatic nitrogens is 3. The second-order valence-corrected chi connectivity index (χ2v) is 26.7. The van der Waals surface area contributed by atoms with E-state index in [0.29, 0.717) is 27.7 Å². The smallest absolute Gasteiger partial charge is 0.245 e. The molecule has 1 aliphatic heterocycles. The van der Waals surface area contributed by atoms with Gasteiger partial charge in [-0.15, -0.1) is 0 Å². The number of guanidine groups is 1. The molecule has 0 radical (unpaired) electrons. The molecule has 11 unspecified atom stereocenters. The summed E-state index contributed by atoms with van der Waals surface area (Å²) in [5.41, 5.74) is 18.7. The van der Waals surface area contributed by atoms with Crippen molar-refractivity contribution < 1.29 is 82.4 Å². The van der Waals surface area contributed by atoms with Crippen LogP contribution in [-0.2, 0) is 86.4 Å². The van der Waals surface area contributed by atoms with Crippen molar-refractivity contribution in [3.63, 3.8) is 0 Å². The number of aromatic amines is 2. The van der Waals surface area contributed by atoms with Crippen LogP contribution in [0.4, 0.5) is 0 Å². The first-order chi connectivity index (χ1) is 49.7. The number of aliphatic imine (C=N–C) groups is 1. The van der Waals surface area contributed by atoms with Gasteiger partial charge in [0.1, 0.15) is 66.2 Å². The summed E-state index contributed by atoms with van der Waals surface area (Å²) in [5.74, 6) is -15.6. The van der Waals surface area contributed by atoms with Gasteiger partial charge in [0.15, 0.2) is 5.96 Å². The van der Waals surface area contributed by atoms with Crippen LogP contribution in [-0.4, -0.2) is 218 Å². The lowest BCUT2D eigenvalue weighted by atomic mass is 9.98. The minimum atomic E-state index is -1.83. The number of nitrogens with one attached hydrogen (secondary N) is 15. The van der Waals surface area contributed by atoms with E-state index in [-0.39, 0.29) is 62.7 Å². The number of para-hydroxylation sites is 1. The van der Waals surface area contributed by atoms with Gasteiger partial charge >= 0.3 is 0 Å². The Morgan fingerprint density at radius 2 is 1.27 bits per heavy atom. The molecular weight excluding hydrogens is 1370 g/mol. The van der Waals surface area contributed by atoms with Crippen LogP contribution in [0.3, 0.4) is 0 Å². The number of carbonyl (C=O) groups excluding carboxylic acids is 14. The van der Waals surface area contributed by atoms with Crippen molar-refractivity contribution in [1.82, 2.24) is 84.1 Å². The van der Waals surface area contributed by atoms with Crippen LogP contribution in [0.15, 0.2) is 72.2 Å². The predicted octanol–water partition coefficient (Wildman–Crippen LogP) is -5.33. The van der Waals surface area contributed by atoms with Crippen molar-refractivity contribution in [1.29, 1.82) is 0 Å². The highest BCUT2D eigenvalue weighted by atomic mass is 16.3. The predicted molar refractivity (Wildman–Crippen MR) is 380 cm³/mol. The standard InChI is InChI=1S/C68H100N20O17/c1-34(2)23-47-63(101)88-57(36(5)6)67(105)86-48(24-38-14-16-41(91)17-15-38)62(100)81-44(13-10-22-73-68(70)71)58(96)82-46(19-21-53(93)75-29-54(94)80-51(32-90)65(103)83-45(59(97)84-47)18-20-52(69)92)60(98)85-49(25-39-27-74-43-12-9-8-11-42(39)43)64(102)87-56(35(3)4)66(104)76-30-55(95)79-50(26-40-28-72-33-77-40)61(99)78-37(7)31-89/h8-9,11-12,14-17,27-28,33-37,44-51,56-57,74,89-91H,10,13,18-26,29-32H2,1-7H3,(H2,69,92)(H,72,77)(H,75,93)(H,76,104)(H,78,99)(H,79,95)(H,80,94)(H,81,100)(H,82,96)(H,83,103)(H,84,97)(H,85,98)(H,86,105)(H,87,102)(H,88,101)(H4,70,71,73). The van der Waals surface area contributed by atoms with Crippen molar-refractivity contribution >= 4 is 99.6 Å². The Labute approximate surface area is 605 Å². The monoisotopic (exact) mass is 1470 g/mol. The number of H-pyrrole nitrogens is 2. The molecule has 574 valence electrons. The van der Waals surface area contributed by atoms with E-state index in [2.05, 4.69) is 89.1 Å². The van der Waals surface area contributed by atoms with Crippen molar-refractivity contribution in [2.45, 2.75) is 179 Å². The molecule has 24 N–H and O–H groups in total. The summed E-state index contributed by atoms with van der Waals surface area (Å²) in [6.45, 7) is 8.18. The largest absolute Gasteiger partial charge is 0.508 e. The molecule has 2 aromatic carbocycles. The van der Waals surface area contributed by atoms with Gasteiger partial charge in [-0.05, 0) is 86.1 Å². The van der Waals surface area contributed by atoms with Gasteiger partial charge in [-0.3, -0.25) is 72.1 Å². The molecule has 105 heavy (non-hydrogen) atoms. The highest BCUT2D eigenvalue weighted by Gasteiger charge is 2.38. The summed E-state index contributed by atoms with van der Waals surface area (Å²) in [6, 6.07) is -3.78. The number of aromatic hydroxyl groups is 1. The number of hydrogen-bond donors (Lipinski definition) is 21. The van der Waals surface area contributed by atoms with E-state index in [1.807, 2.05) is 0 Å². The first kappa shape index (κ1) is 84.4. The van der Waals surface area contributed by atoms with Crippen LogP contribution in [0.2, 0.25) is 0 Å². The lowest BCUT2D eigenvalue weighted by Crippen LogP contribution is -2.62. The summed E-state index contributed by atoms with van der Waals surface area (Å²) in [7, 11) is 0. The second-order valence-electron chi connectivity index (χ2n) is 26.7. The number of nitrogens with two attached hydrogens (primary N) is 3. The summed E-state index contributed by atoms with van der Waals surface area (Å²) in [5, 5.41) is 63.8. The molecule has 1 aliphatic rings. The first-order valence-electron chi connectivity index (χ1n) is 34.5. The highest BCUT2D eigenvalue weighted by molar-refractivity contribution is 6.00. The van der Waals surface area contributed by atoms with Crippen molar-refractivity contribution in [3.05, 3.63) is 84.1 Å². The van der Waals surface area contributed by atoms with E-state index in [1.165, 1.54) is 36.8 Å². The van der Waals surface area contributed by atoms with Gasteiger partial charge in [-0.1, -0.05) is 71.9 Å². The number of carbonyl (C=O) groups is 14. The van der Waals surface area contributed by atoms with Crippen molar-refractivity contribution in [3.8, 4) is 5.75 Å². The van der Waals surface area contributed by atoms with E-state index >= 15 is 9.59 Å². The molecule has 2 aromatic heterocycles. The molecule has 3 heterocycles. The van der Waals surface area contributed by atoms with Crippen LogP contribution in [0, 0.1) is 17.8 Å². The Bertz CT molecular complexity index is 3690. The number of benzene rings is 2. The number of nitrogens with zero attached hydrogens (tertiary/aromatic N) is 2. The molecule has 37 nitrogen and oxygen atoms in total. The summed E-state index contributed by atoms with van der Waals surface area (Å²) >= 11 is 0. The molecule has 5 rings (SSSR count). The maximum atomic E-state index is 15.2. The van der Waals surface area contributed by atoms with Gasteiger partial charge in [0.25, 0.3) is 0 Å². The molecule has 1 fully saturated rings. The van der Waals surface area contributed by atoms with Gasteiger partial charge in [-0.2, -0.15) is 0 Å². The lowest BCUT2D eigenvalue weighted by Gasteiger charge is -2.30. The topological polar surface area (TPSA) is 591 Å². The minimum absolute atomic E-state index is 0.0244. The molecule has 0 aliphatic carbocycles. The minimum Gasteiger partial charge on any atom is -0.508 e. The van der Waals surface area contributed by atoms with Crippen molar-refractivity contribution in [2.75, 3.05) is 32.8 Å². The SMILES string of the molecule is CC(C)CC1NC(=O)C(CCC(N)=O)NC(=O)C(CO)NC(=O)CNC(=O)CCC(C(=O)NC(Cc2c[nH]c3ccccc23)C(=O)NC(C(=O)NCC(=O)NC(Cc2cnc[nH]2)C(=O)NC(C)CO)C(C)C)NC(=O)C(CCCN=C(N)N)NC(=O)C(Cc2ccc(O)cc2)NC(=O)C(C(C)C)NC1=O. The Morgan fingerprint density at radius 3 is 1.90 bits per heavy atom. The van der Waals surface area contributed by atoms with E-state index in [4.69, 9.17) is 17.2 Å². The van der Waals surface area contributed by atoms with Gasteiger partial charge in [-0.25, -0.2) is 4.98 Å². The fourth-order valence-corrected chi connectivity index (χ4v) is 11.0. The number of hydrogen-bond acceptors (Lipinski definition) is 19. The number of phenols is 1. The molecule has 0 saturated carbocycles. The van der Waals surface area contributed by atoms with Crippen LogP contribution >= 0.6 is 0 Å². The van der Waals surface area contributed by atoms with E-state index in [1.54, 1.807) is 78.9 Å². The maximum absolute atomic E-state index is 15.2. The maximum Gasteiger partial charge on any atom is 0.245 e. The summed E-state index contributed by atoms with van der Waals surface area (Å²) < 4.78 is 0. The Hall–Kier alpha value is -11.2. The van der Waals surface area contributed by atoms with Gasteiger partial charge in [0.2, 0.25) is 82.7 Å². The van der Waals surface area contributed by atoms with Crippen LogP contribution in [0.1, 0.15) is 110 Å². The molecular formula is C68H100N20O17. The Morgan fingerprint density at radius 1 is 0.648 bits per heavy atom. The zero-order chi connectivity index (χ0) is 77.6. The number of imidazole rings is 1. The summed E-state index contributed by atoms with van der Waals surface area (Å²) in [6.07, 6.45) is 1.16. The Balaban J connectivity index is 1.57. The number of primary amides is 1. The molecule has 1 saturated heterocycles. The molecule has 0 bridgehead atoms. The number of phenolic OH excluding ortho intramolecular Hbond substituents is 1. The zero-order valence-electron chi connectivity index (χ0n) is 59.7. The number of aliphatic hydroxyl groups is 2. The average Bonchev–Trinajstić information content (AvgIpc) is 1.47. The van der Waals surface area contributed by atoms with Crippen LogP contribution < -0.4 is 86.3 Å². The molecule has 11 atom stereocenters. The number of aliphatic hydroxyl groups excluding tert-OH is 2. The third-order valence-corrected chi connectivity index (χ3v) is 16.8. The van der Waals surface area contributed by atoms with Crippen LogP contribution in [0.5, 0.6) is 5.75 Å². The third-order valence-electron chi connectivity index (χ3n) is 16.8. The Kier molecular flexibility index (Phi) is 33.6. The normalized spacial score (nSPS) is 20.4. The first-order valence-corrected chi connectivity index (χ1v) is 34.5. The number of amides is 14. The summed E-state index contributed by atoms with van der Waals surface area (Å²) in [4.78, 5) is 211. The van der Waals surface area contributed by atoms with E-state index in [9.17, 15) is 72.9 Å². The third kappa shape index (κ3) is 28.1. The van der Waals surface area contributed by atoms with Crippen molar-refractivity contribution in [2.24, 2.45) is 39.9 Å². The molecule has 0 spiro atoms. The second kappa shape index (κ2) is 41.8. The van der Waals surface area contributed by atoms with E-state index < -0.39 is 213 Å². The number of fused-ring (bicyclic) bond motifs is 1. The van der Waals surface area contributed by atoms with Crippen LogP contribution in [0.25, 0.3) is 10.9 Å². The molecule has 37 heteroatoms. The molecule has 4 aromatic rings. The fraction of sp³-hybridized carbons (Fsp3) is 0.529. The van der Waals surface area contributed by atoms with Gasteiger partial charge < -0.3 is 112 Å². The van der Waals surface area contributed by atoms with Gasteiger partial charge in [0, 0.05) is 73.7 Å². The highest BCUT2D eigenvalue weighted by Crippen LogP contribution is 2.21. The number of rotatable bonds is 29. The molecule has 14 amide bonds. The average molecular weight is 1470 g/mol. The quantitative estimate of drug-likeness (QED) is 0.0137. The lowest BCUT2D eigenvalue weighted by molar-refractivity contribution is -0.137. The fourth-order valence-electron chi connectivity index (χ4n) is 11.0. The van der Waals surface area contributed by atoms with E-state index in [0.717, 1.165) is 0 Å². The van der Waals surface area contributed by atoms with Gasteiger partial charge in [0.05, 0.1) is 32.6 Å². The zero-order valence-corrected chi connectivity index (χ0v) is 59.7.